The van der Waals surface area contributed by atoms with Gasteiger partial charge in [-0.25, -0.2) is 13.6 Å². The Labute approximate surface area is 180 Å². The molecule has 0 saturated carbocycles. The van der Waals surface area contributed by atoms with E-state index in [1.165, 1.54) is 0 Å². The van der Waals surface area contributed by atoms with Crippen molar-refractivity contribution in [3.05, 3.63) is 71.6 Å². The van der Waals surface area contributed by atoms with Crippen LogP contribution in [0.4, 0.5) is 39.5 Å². The number of rotatable bonds is 3. The van der Waals surface area contributed by atoms with Crippen LogP contribution in [0.1, 0.15) is 16.8 Å². The maximum absolute atomic E-state index is 13.7. The van der Waals surface area contributed by atoms with Crippen molar-refractivity contribution in [1.29, 1.82) is 0 Å². The maximum Gasteiger partial charge on any atom is 0.416 e. The summed E-state index contributed by atoms with van der Waals surface area (Å²) in [5.41, 5.74) is -7.86. The predicted octanol–water partition coefficient (Wildman–Crippen LogP) is 5.34. The molecule has 2 aromatic rings. The van der Waals surface area contributed by atoms with Crippen LogP contribution in [0.5, 0.6) is 0 Å². The normalized spacial score (nSPS) is 17.0. The van der Waals surface area contributed by atoms with E-state index in [9.17, 15) is 47.9 Å². The van der Waals surface area contributed by atoms with Gasteiger partial charge < -0.3 is 0 Å². The van der Waals surface area contributed by atoms with Crippen LogP contribution < -0.4 is 5.14 Å². The van der Waals surface area contributed by atoms with Crippen LogP contribution in [0.15, 0.2) is 59.6 Å². The Morgan fingerprint density at radius 1 is 0.758 bits per heavy atom. The molecule has 0 bridgehead atoms. The minimum absolute atomic E-state index is 0.139. The van der Waals surface area contributed by atoms with Gasteiger partial charge in [-0.3, -0.25) is 4.98 Å². The average Bonchev–Trinajstić information content (AvgIpc) is 3.09. The van der Waals surface area contributed by atoms with Gasteiger partial charge >= 0.3 is 18.5 Å². The highest BCUT2D eigenvalue weighted by atomic mass is 32.2. The molecule has 0 radical (unpaired) electrons. The number of nitrogens with zero attached hydrogens (tertiary/aromatic N) is 1. The lowest BCUT2D eigenvalue weighted by Crippen LogP contribution is -2.46. The number of aromatic nitrogens is 1. The Balaban J connectivity index is 2.25. The third-order valence-corrected chi connectivity index (χ3v) is 5.73. The summed E-state index contributed by atoms with van der Waals surface area (Å²) in [7, 11) is -4.26. The average molecular weight is 502 g/mol. The minimum atomic E-state index is -5.86. The number of pyridine rings is 1. The standard InChI is InChI=1S/C19H11F9N2O2S/c20-17(21,22)11-3-1-10(2-4-11)13-7-16(18(23,24)25,19(26,27)28)8-14(13)15-6-5-12(9-30-15)33(29,31)32/h1-9H,(H2,29,31,32). The van der Waals surface area contributed by atoms with Crippen molar-refractivity contribution in [1.82, 2.24) is 4.98 Å². The second-order valence-electron chi connectivity index (χ2n) is 6.98. The van der Waals surface area contributed by atoms with Crippen LogP contribution in [-0.2, 0) is 16.2 Å². The molecule has 4 nitrogen and oxygen atoms in total. The zero-order valence-electron chi connectivity index (χ0n) is 15.8. The number of primary sulfonamides is 1. The number of alkyl halides is 9. The van der Waals surface area contributed by atoms with E-state index in [0.717, 1.165) is 24.3 Å². The van der Waals surface area contributed by atoms with Crippen LogP contribution in [-0.4, -0.2) is 25.8 Å². The van der Waals surface area contributed by atoms with Crippen LogP contribution in [0, 0.1) is 5.41 Å². The zero-order chi connectivity index (χ0) is 25.0. The smallest absolute Gasteiger partial charge is 0.255 e. The van der Waals surface area contributed by atoms with Crippen LogP contribution >= 0.6 is 0 Å². The summed E-state index contributed by atoms with van der Waals surface area (Å²) in [4.78, 5) is 3.05. The zero-order valence-corrected chi connectivity index (χ0v) is 16.7. The Kier molecular flexibility index (Phi) is 5.69. The summed E-state index contributed by atoms with van der Waals surface area (Å²) in [6, 6.07) is 4.13. The number of hydrogen-bond donors (Lipinski definition) is 1. The molecule has 1 aromatic heterocycles. The molecular weight excluding hydrogens is 491 g/mol. The van der Waals surface area contributed by atoms with Crippen LogP contribution in [0.3, 0.4) is 0 Å². The Hall–Kier alpha value is -2.87. The molecule has 1 aliphatic rings. The summed E-state index contributed by atoms with van der Waals surface area (Å²) >= 11 is 0. The second kappa shape index (κ2) is 7.58. The van der Waals surface area contributed by atoms with Gasteiger partial charge in [-0.1, -0.05) is 12.1 Å². The summed E-state index contributed by atoms with van der Waals surface area (Å²) in [5.74, 6) is 0. The number of hydrogen-bond acceptors (Lipinski definition) is 3. The fourth-order valence-corrected chi connectivity index (χ4v) is 3.60. The molecule has 1 heterocycles. The van der Waals surface area contributed by atoms with Crippen LogP contribution in [0.25, 0.3) is 11.1 Å². The van der Waals surface area contributed by atoms with Crippen molar-refractivity contribution < 1.29 is 47.9 Å². The molecule has 2 N–H and O–H groups in total. The first kappa shape index (κ1) is 24.8. The molecule has 0 saturated heterocycles. The van der Waals surface area contributed by atoms with Crippen molar-refractivity contribution in [3.63, 3.8) is 0 Å². The summed E-state index contributed by atoms with van der Waals surface area (Å²) in [6.45, 7) is 0. The molecule has 1 aliphatic carbocycles. The number of benzene rings is 1. The predicted molar refractivity (Wildman–Crippen MR) is 97.6 cm³/mol. The molecule has 0 fully saturated rings. The third kappa shape index (κ3) is 4.49. The van der Waals surface area contributed by atoms with Gasteiger partial charge in [-0.05, 0) is 47.6 Å². The van der Waals surface area contributed by atoms with Gasteiger partial charge in [0.2, 0.25) is 10.0 Å². The summed E-state index contributed by atoms with van der Waals surface area (Å²) in [6.07, 6.45) is -16.1. The highest BCUT2D eigenvalue weighted by Crippen LogP contribution is 2.59. The van der Waals surface area contributed by atoms with E-state index in [0.29, 0.717) is 18.3 Å². The van der Waals surface area contributed by atoms with Crippen molar-refractivity contribution in [3.8, 4) is 0 Å². The molecule has 178 valence electrons. The van der Waals surface area contributed by atoms with Crippen molar-refractivity contribution in [2.75, 3.05) is 0 Å². The molecule has 0 atom stereocenters. The molecule has 1 aromatic carbocycles. The summed E-state index contributed by atoms with van der Waals surface area (Å²) < 4.78 is 143. The minimum Gasteiger partial charge on any atom is -0.255 e. The van der Waals surface area contributed by atoms with E-state index in [2.05, 4.69) is 4.98 Å². The molecule has 0 aliphatic heterocycles. The van der Waals surface area contributed by atoms with Gasteiger partial charge in [-0.15, -0.1) is 0 Å². The van der Waals surface area contributed by atoms with Crippen molar-refractivity contribution in [2.24, 2.45) is 10.6 Å². The lowest BCUT2D eigenvalue weighted by molar-refractivity contribution is -0.301. The topological polar surface area (TPSA) is 73.1 Å². The highest BCUT2D eigenvalue weighted by molar-refractivity contribution is 7.89. The Morgan fingerprint density at radius 3 is 1.67 bits per heavy atom. The molecule has 0 unspecified atom stereocenters. The van der Waals surface area contributed by atoms with E-state index in [1.54, 1.807) is 0 Å². The van der Waals surface area contributed by atoms with Gasteiger partial charge in [0.1, 0.15) is 4.90 Å². The van der Waals surface area contributed by atoms with E-state index < -0.39 is 61.3 Å². The number of allylic oxidation sites excluding steroid dienone is 4. The number of sulfonamides is 1. The summed E-state index contributed by atoms with van der Waals surface area (Å²) in [5, 5.41) is 4.90. The van der Waals surface area contributed by atoms with Crippen molar-refractivity contribution >= 4 is 21.2 Å². The SMILES string of the molecule is NS(=O)(=O)c1ccc(C2=CC(C(F)(F)F)(C(F)(F)F)C=C2c2ccc(C(F)(F)F)cc2)nc1. The Bertz CT molecular complexity index is 1210. The lowest BCUT2D eigenvalue weighted by atomic mass is 9.87. The fraction of sp³-hybridized carbons (Fsp3) is 0.211. The number of nitrogens with two attached hydrogens (primary N) is 1. The monoisotopic (exact) mass is 502 g/mol. The quantitative estimate of drug-likeness (QED) is 0.576. The maximum atomic E-state index is 13.7. The van der Waals surface area contributed by atoms with Gasteiger partial charge in [-0.2, -0.15) is 39.5 Å². The van der Waals surface area contributed by atoms with E-state index in [1.807, 2.05) is 0 Å². The van der Waals surface area contributed by atoms with Crippen LogP contribution in [0.2, 0.25) is 0 Å². The second-order valence-corrected chi connectivity index (χ2v) is 8.54. The first-order valence-corrected chi connectivity index (χ1v) is 10.2. The molecular formula is C19H11F9N2O2S. The first-order valence-electron chi connectivity index (χ1n) is 8.63. The molecule has 3 rings (SSSR count). The molecule has 0 amide bonds. The van der Waals surface area contributed by atoms with Crippen molar-refractivity contribution in [2.45, 2.75) is 23.4 Å². The molecule has 14 heteroatoms. The van der Waals surface area contributed by atoms with Gasteiger partial charge in [0.05, 0.1) is 11.3 Å². The van der Waals surface area contributed by atoms with E-state index >= 15 is 0 Å². The highest BCUT2D eigenvalue weighted by Gasteiger charge is 2.70. The third-order valence-electron chi connectivity index (χ3n) is 4.84. The number of halogens is 9. The van der Waals surface area contributed by atoms with Gasteiger partial charge in [0.15, 0.2) is 5.41 Å². The first-order chi connectivity index (χ1) is 14.9. The molecule has 33 heavy (non-hydrogen) atoms. The molecule has 0 spiro atoms. The van der Waals surface area contributed by atoms with E-state index in [4.69, 9.17) is 5.14 Å². The van der Waals surface area contributed by atoms with Gasteiger partial charge in [0.25, 0.3) is 0 Å². The van der Waals surface area contributed by atoms with E-state index in [-0.39, 0.29) is 17.7 Å². The largest absolute Gasteiger partial charge is 0.416 e. The lowest BCUT2D eigenvalue weighted by Gasteiger charge is -2.30. The fourth-order valence-electron chi connectivity index (χ4n) is 3.14. The Morgan fingerprint density at radius 2 is 1.27 bits per heavy atom. The van der Waals surface area contributed by atoms with Gasteiger partial charge in [0, 0.05) is 11.8 Å².